The lowest BCUT2D eigenvalue weighted by Gasteiger charge is -2.21. The Balaban J connectivity index is 0.00000294. The molecule has 4 aromatic rings. The van der Waals surface area contributed by atoms with Crippen LogP contribution < -0.4 is 52.9 Å². The molecule has 0 N–H and O–H groups in total. The molecule has 0 aliphatic carbocycles. The zero-order valence-electron chi connectivity index (χ0n) is 24.0. The Morgan fingerprint density at radius 1 is 0.585 bits per heavy atom. The first-order valence-electron chi connectivity index (χ1n) is 13.5. The highest BCUT2D eigenvalue weighted by molar-refractivity contribution is 7.13. The summed E-state index contributed by atoms with van der Waals surface area (Å²) in [4.78, 5) is 4.61. The molecule has 0 aliphatic heterocycles. The fourth-order valence-corrected chi connectivity index (χ4v) is 5.60. The van der Waals surface area contributed by atoms with E-state index in [9.17, 15) is 0 Å². The Labute approximate surface area is 272 Å². The number of aromatic nitrogens is 2. The summed E-state index contributed by atoms with van der Waals surface area (Å²) < 4.78 is 4.18. The molecule has 0 fully saturated rings. The molecule has 0 atom stereocenters. The Bertz CT molecular complexity index is 1250. The minimum Gasteiger partial charge on any atom is -1.00 e. The number of azo groups is 2. The van der Waals surface area contributed by atoms with Crippen LogP contribution in [0.4, 0.5) is 33.0 Å². The minimum absolute atomic E-state index is 0. The number of unbranched alkanes of at least 4 members (excludes halogenated alkanes) is 2. The quantitative estimate of drug-likeness (QED) is 0.114. The summed E-state index contributed by atoms with van der Waals surface area (Å²) in [6.07, 6.45) is 7.57. The van der Waals surface area contributed by atoms with Crippen molar-refractivity contribution in [2.45, 2.75) is 46.2 Å². The molecule has 12 heteroatoms. The van der Waals surface area contributed by atoms with Gasteiger partial charge in [0.2, 0.25) is 0 Å². The van der Waals surface area contributed by atoms with Gasteiger partial charge in [-0.1, -0.05) is 0 Å². The van der Waals surface area contributed by atoms with E-state index in [1.54, 1.807) is 22.7 Å². The van der Waals surface area contributed by atoms with Crippen molar-refractivity contribution in [2.24, 2.45) is 20.5 Å². The van der Waals surface area contributed by atoms with Gasteiger partial charge < -0.3 is 43.8 Å². The largest absolute Gasteiger partial charge is 1.00 e. The van der Waals surface area contributed by atoms with E-state index < -0.39 is 0 Å². The Morgan fingerprint density at radius 3 is 1.34 bits per heavy atom. The second-order valence-corrected chi connectivity index (χ2v) is 11.0. The summed E-state index contributed by atoms with van der Waals surface area (Å²) in [5.41, 5.74) is 4.14. The standard InChI is InChI=1S/C29H38N8S2.2BrH/c1-5-36-20-22-38-28(36)32-30-24-10-14-26(15-11-24)34(3)18-8-7-9-19-35(4)27-16-12-25(13-17-27)31-33-29-37(6-2)21-23-39-29;;/h10-17,20-23H,5-9,18-19H2,1-4H3;2*1H/q+2;;/p-2. The number of nitrogens with zero attached hydrogens (tertiary/aromatic N) is 8. The minimum atomic E-state index is 0. The molecule has 0 saturated carbocycles. The fraction of sp³-hybridized carbons (Fsp3) is 0.379. The van der Waals surface area contributed by atoms with Crippen LogP contribution >= 0.6 is 22.7 Å². The summed E-state index contributed by atoms with van der Waals surface area (Å²) in [6.45, 7) is 8.06. The van der Waals surface area contributed by atoms with Crippen LogP contribution in [0.25, 0.3) is 0 Å². The molecule has 41 heavy (non-hydrogen) atoms. The molecular weight excluding hydrogens is 684 g/mol. The third-order valence-corrected chi connectivity index (χ3v) is 8.14. The van der Waals surface area contributed by atoms with Crippen molar-refractivity contribution < 1.29 is 43.1 Å². The number of rotatable bonds is 14. The van der Waals surface area contributed by atoms with E-state index in [4.69, 9.17) is 0 Å². The predicted molar refractivity (Wildman–Crippen MR) is 162 cm³/mol. The van der Waals surface area contributed by atoms with E-state index in [1.807, 2.05) is 47.4 Å². The maximum atomic E-state index is 4.40. The van der Waals surface area contributed by atoms with Crippen molar-refractivity contribution in [3.05, 3.63) is 71.7 Å². The molecule has 0 bridgehead atoms. The second kappa shape index (κ2) is 18.1. The van der Waals surface area contributed by atoms with Gasteiger partial charge in [-0.15, -0.1) is 0 Å². The van der Waals surface area contributed by atoms with Crippen molar-refractivity contribution in [1.82, 2.24) is 0 Å². The van der Waals surface area contributed by atoms with Gasteiger partial charge in [0.15, 0.2) is 0 Å². The topological polar surface area (TPSA) is 63.7 Å². The summed E-state index contributed by atoms with van der Waals surface area (Å²) >= 11 is 3.20. The van der Waals surface area contributed by atoms with Gasteiger partial charge in [-0.2, -0.15) is 0 Å². The maximum Gasteiger partial charge on any atom is 0.408 e. The number of halogens is 2. The Morgan fingerprint density at radius 2 is 0.976 bits per heavy atom. The average Bonchev–Trinajstić information content (AvgIpc) is 3.64. The average molecular weight is 723 g/mol. The first-order chi connectivity index (χ1) is 19.1. The predicted octanol–water partition coefficient (Wildman–Crippen LogP) is 2.01. The van der Waals surface area contributed by atoms with Crippen LogP contribution in [0.1, 0.15) is 33.1 Å². The highest BCUT2D eigenvalue weighted by atomic mass is 79.9. The molecule has 0 unspecified atom stereocenters. The maximum absolute atomic E-state index is 4.40. The van der Waals surface area contributed by atoms with E-state index in [0.717, 1.165) is 60.7 Å². The number of benzene rings is 2. The summed E-state index contributed by atoms with van der Waals surface area (Å²) in [6, 6.07) is 16.6. The van der Waals surface area contributed by atoms with Gasteiger partial charge in [-0.05, 0) is 115 Å². The lowest BCUT2D eigenvalue weighted by Crippen LogP contribution is -3.00. The molecule has 2 aromatic carbocycles. The van der Waals surface area contributed by atoms with Crippen molar-refractivity contribution in [1.29, 1.82) is 0 Å². The summed E-state index contributed by atoms with van der Waals surface area (Å²) in [7, 11) is 4.30. The zero-order valence-corrected chi connectivity index (χ0v) is 28.8. The van der Waals surface area contributed by atoms with Crippen LogP contribution in [0.5, 0.6) is 0 Å². The van der Waals surface area contributed by atoms with Gasteiger partial charge >= 0.3 is 10.3 Å². The third-order valence-electron chi connectivity index (χ3n) is 6.57. The number of thiazole rings is 2. The number of anilines is 2. The monoisotopic (exact) mass is 720 g/mol. The molecule has 0 saturated heterocycles. The molecule has 4 rings (SSSR count). The Kier molecular flexibility index (Phi) is 15.3. The van der Waals surface area contributed by atoms with Gasteiger partial charge in [0, 0.05) is 49.3 Å². The normalized spacial score (nSPS) is 11.0. The van der Waals surface area contributed by atoms with Crippen LogP contribution in [-0.4, -0.2) is 27.2 Å². The van der Waals surface area contributed by atoms with Gasteiger partial charge in [0.25, 0.3) is 0 Å². The molecule has 0 amide bonds. The van der Waals surface area contributed by atoms with Crippen molar-refractivity contribution >= 4 is 55.7 Å². The SMILES string of the molecule is CC[n+]1ccsc1N=Nc1ccc(N(C)CCCCCN(C)c2ccc(N=Nc3scc[n+]3CC)cc2)cc1.[Br-].[Br-]. The van der Waals surface area contributed by atoms with E-state index in [2.05, 4.69) is 91.6 Å². The van der Waals surface area contributed by atoms with Crippen molar-refractivity contribution in [3.63, 3.8) is 0 Å². The first kappa shape index (κ1) is 34.7. The van der Waals surface area contributed by atoms with Crippen LogP contribution in [0.15, 0.2) is 92.1 Å². The van der Waals surface area contributed by atoms with Crippen molar-refractivity contribution in [2.75, 3.05) is 37.0 Å². The third kappa shape index (κ3) is 10.4. The van der Waals surface area contributed by atoms with Gasteiger partial charge in [-0.25, -0.2) is 9.13 Å². The van der Waals surface area contributed by atoms with Gasteiger partial charge in [0.1, 0.15) is 23.8 Å². The molecule has 2 aromatic heterocycles. The lowest BCUT2D eigenvalue weighted by molar-refractivity contribution is -0.677. The molecule has 8 nitrogen and oxygen atoms in total. The van der Waals surface area contributed by atoms with Crippen LogP contribution in [0.2, 0.25) is 0 Å². The molecule has 0 spiro atoms. The van der Waals surface area contributed by atoms with Crippen LogP contribution in [0, 0.1) is 0 Å². The lowest BCUT2D eigenvalue weighted by atomic mass is 10.2. The van der Waals surface area contributed by atoms with E-state index in [1.165, 1.54) is 17.8 Å². The number of hydrogen-bond donors (Lipinski definition) is 0. The van der Waals surface area contributed by atoms with Crippen LogP contribution in [0.3, 0.4) is 0 Å². The van der Waals surface area contributed by atoms with Crippen LogP contribution in [-0.2, 0) is 13.1 Å². The smallest absolute Gasteiger partial charge is 0.408 e. The fourth-order valence-electron chi connectivity index (χ4n) is 4.12. The molecule has 2 heterocycles. The van der Waals surface area contributed by atoms with Gasteiger partial charge in [-0.3, -0.25) is 0 Å². The summed E-state index contributed by atoms with van der Waals surface area (Å²) in [5.74, 6) is 0. The molecule has 0 radical (unpaired) electrons. The number of hydrogen-bond acceptors (Lipinski definition) is 8. The molecular formula is C29H38Br2N8S2. The van der Waals surface area contributed by atoms with E-state index in [0.29, 0.717) is 0 Å². The highest BCUT2D eigenvalue weighted by Gasteiger charge is 2.11. The second-order valence-electron chi connectivity index (χ2n) is 9.28. The number of aryl methyl sites for hydroxylation is 2. The first-order valence-corrected chi connectivity index (χ1v) is 15.2. The van der Waals surface area contributed by atoms with E-state index in [-0.39, 0.29) is 34.0 Å². The molecule has 0 aliphatic rings. The molecule has 220 valence electrons. The zero-order chi connectivity index (χ0) is 27.5. The Hall–Kier alpha value is -2.54. The van der Waals surface area contributed by atoms with Crippen molar-refractivity contribution in [3.8, 4) is 0 Å². The highest BCUT2D eigenvalue weighted by Crippen LogP contribution is 2.24. The summed E-state index contributed by atoms with van der Waals surface area (Å²) in [5, 5.41) is 23.5. The van der Waals surface area contributed by atoms with E-state index >= 15 is 0 Å². The van der Waals surface area contributed by atoms with Gasteiger partial charge in [0.05, 0.1) is 23.3 Å².